The highest BCUT2D eigenvalue weighted by atomic mass is 35.5. The molecule has 2 aromatic carbocycles. The van der Waals surface area contributed by atoms with Gasteiger partial charge in [-0.05, 0) is 67.5 Å². The minimum atomic E-state index is -0.844. The largest absolute Gasteiger partial charge is 0.481 e. The van der Waals surface area contributed by atoms with Crippen LogP contribution in [-0.4, -0.2) is 39.6 Å². The summed E-state index contributed by atoms with van der Waals surface area (Å²) in [5, 5.41) is 20.5. The van der Waals surface area contributed by atoms with Crippen molar-refractivity contribution in [3.63, 3.8) is 0 Å². The number of aliphatic hydroxyl groups is 1. The molecule has 0 aromatic heterocycles. The van der Waals surface area contributed by atoms with Crippen LogP contribution in [0.4, 0.5) is 0 Å². The number of aliphatic hydroxyl groups excluding tert-OH is 1. The van der Waals surface area contributed by atoms with Crippen LogP contribution in [0.1, 0.15) is 56.2 Å². The number of amides is 1. The smallest absolute Gasteiger partial charge is 0.306 e. The van der Waals surface area contributed by atoms with Crippen LogP contribution in [0.2, 0.25) is 10.0 Å². The van der Waals surface area contributed by atoms with Gasteiger partial charge in [-0.25, -0.2) is 0 Å². The van der Waals surface area contributed by atoms with Gasteiger partial charge in [0, 0.05) is 28.6 Å². The van der Waals surface area contributed by atoms with E-state index in [9.17, 15) is 19.8 Å². The summed E-state index contributed by atoms with van der Waals surface area (Å²) in [5.74, 6) is -1.69. The number of carboxylic acid groups (broad SMARTS) is 1. The van der Waals surface area contributed by atoms with Crippen molar-refractivity contribution in [1.82, 2.24) is 4.90 Å². The van der Waals surface area contributed by atoms with Gasteiger partial charge in [0.15, 0.2) is 0 Å². The van der Waals surface area contributed by atoms with Crippen molar-refractivity contribution in [2.24, 2.45) is 17.3 Å². The molecule has 4 rings (SSSR count). The molecule has 2 fully saturated rings. The first-order valence-electron chi connectivity index (χ1n) is 11.3. The summed E-state index contributed by atoms with van der Waals surface area (Å²) in [6, 6.07) is 14.7. The summed E-state index contributed by atoms with van der Waals surface area (Å²) in [4.78, 5) is 27.7. The van der Waals surface area contributed by atoms with E-state index in [4.69, 9.17) is 23.2 Å². The zero-order chi connectivity index (χ0) is 23.9. The van der Waals surface area contributed by atoms with Crippen molar-refractivity contribution in [3.8, 4) is 0 Å². The highest BCUT2D eigenvalue weighted by molar-refractivity contribution is 6.30. The molecule has 2 unspecified atom stereocenters. The Morgan fingerprint density at radius 2 is 1.85 bits per heavy atom. The molecule has 0 bridgehead atoms. The predicted octanol–water partition coefficient (Wildman–Crippen LogP) is 5.55. The number of carboxylic acids is 1. The summed E-state index contributed by atoms with van der Waals surface area (Å²) in [6.45, 7) is 3.81. The van der Waals surface area contributed by atoms with Gasteiger partial charge in [-0.2, -0.15) is 0 Å². The van der Waals surface area contributed by atoms with Crippen LogP contribution in [0.5, 0.6) is 0 Å². The van der Waals surface area contributed by atoms with Gasteiger partial charge in [-0.1, -0.05) is 54.4 Å². The molecular weight excluding hydrogens is 461 g/mol. The zero-order valence-electron chi connectivity index (χ0n) is 18.7. The van der Waals surface area contributed by atoms with E-state index >= 15 is 0 Å². The summed E-state index contributed by atoms with van der Waals surface area (Å²) >= 11 is 12.5. The van der Waals surface area contributed by atoms with Crippen LogP contribution in [-0.2, 0) is 9.59 Å². The third kappa shape index (κ3) is 4.51. The number of likely N-dealkylation sites (tertiary alicyclic amines) is 1. The first kappa shape index (κ1) is 24.1. The molecule has 176 valence electrons. The molecule has 6 atom stereocenters. The van der Waals surface area contributed by atoms with Crippen molar-refractivity contribution in [2.45, 2.75) is 51.1 Å². The molecule has 1 saturated heterocycles. The Kier molecular flexibility index (Phi) is 6.77. The third-order valence-electron chi connectivity index (χ3n) is 7.48. The maximum Gasteiger partial charge on any atom is 0.306 e. The van der Waals surface area contributed by atoms with E-state index < -0.39 is 17.3 Å². The van der Waals surface area contributed by atoms with Crippen LogP contribution in [0.15, 0.2) is 48.5 Å². The summed E-state index contributed by atoms with van der Waals surface area (Å²) < 4.78 is 0. The zero-order valence-corrected chi connectivity index (χ0v) is 20.3. The molecule has 2 aromatic rings. The van der Waals surface area contributed by atoms with Crippen molar-refractivity contribution in [2.75, 3.05) is 6.61 Å². The minimum Gasteiger partial charge on any atom is -0.481 e. The Bertz CT molecular complexity index is 1040. The van der Waals surface area contributed by atoms with Gasteiger partial charge < -0.3 is 15.1 Å². The highest BCUT2D eigenvalue weighted by Crippen LogP contribution is 2.61. The lowest BCUT2D eigenvalue weighted by molar-refractivity contribution is -0.157. The van der Waals surface area contributed by atoms with E-state index in [-0.39, 0.29) is 36.4 Å². The molecule has 0 spiro atoms. The lowest BCUT2D eigenvalue weighted by Gasteiger charge is -2.52. The maximum absolute atomic E-state index is 14.1. The number of aliphatic carboxylic acids is 1. The second-order valence-corrected chi connectivity index (χ2v) is 10.5. The number of nitrogens with zero attached hydrogens (tertiary/aromatic N) is 1. The lowest BCUT2D eigenvalue weighted by atomic mass is 9.65. The van der Waals surface area contributed by atoms with E-state index in [1.165, 1.54) is 0 Å². The van der Waals surface area contributed by atoms with E-state index in [1.54, 1.807) is 0 Å². The third-order valence-corrected chi connectivity index (χ3v) is 7.97. The van der Waals surface area contributed by atoms with Gasteiger partial charge in [-0.3, -0.25) is 9.59 Å². The lowest BCUT2D eigenvalue weighted by Crippen LogP contribution is -2.56. The Hall–Kier alpha value is -2.08. The van der Waals surface area contributed by atoms with Gasteiger partial charge in [0.05, 0.1) is 17.4 Å². The summed E-state index contributed by atoms with van der Waals surface area (Å²) in [7, 11) is 0. The average molecular weight is 490 g/mol. The van der Waals surface area contributed by atoms with Gasteiger partial charge in [0.1, 0.15) is 0 Å². The molecule has 1 heterocycles. The average Bonchev–Trinajstić information content (AvgIpc) is 3.58. The number of hydrogen-bond acceptors (Lipinski definition) is 3. The Balaban J connectivity index is 1.86. The van der Waals surface area contributed by atoms with E-state index in [0.29, 0.717) is 29.3 Å². The van der Waals surface area contributed by atoms with Crippen LogP contribution < -0.4 is 0 Å². The molecule has 1 saturated carbocycles. The molecule has 1 aliphatic heterocycles. The van der Waals surface area contributed by atoms with Crippen LogP contribution in [0.3, 0.4) is 0 Å². The fraction of sp³-hybridized carbons (Fsp3) is 0.462. The Morgan fingerprint density at radius 3 is 2.42 bits per heavy atom. The van der Waals surface area contributed by atoms with Crippen LogP contribution >= 0.6 is 23.2 Å². The van der Waals surface area contributed by atoms with Gasteiger partial charge in [0.2, 0.25) is 5.91 Å². The Morgan fingerprint density at radius 1 is 1.15 bits per heavy atom. The van der Waals surface area contributed by atoms with Gasteiger partial charge in [-0.15, -0.1) is 0 Å². The van der Waals surface area contributed by atoms with E-state index in [2.05, 4.69) is 0 Å². The molecule has 1 aliphatic carbocycles. The van der Waals surface area contributed by atoms with Gasteiger partial charge in [0.25, 0.3) is 0 Å². The van der Waals surface area contributed by atoms with Crippen molar-refractivity contribution >= 4 is 35.1 Å². The minimum absolute atomic E-state index is 0.0436. The second kappa shape index (κ2) is 9.28. The van der Waals surface area contributed by atoms with Crippen LogP contribution in [0, 0.1) is 17.3 Å². The SMILES string of the molecule is C[C@@H](CCO)N1C(=O)[C@@](C)(C2CC2C(=O)O)C[C@H](c2cccc(Cl)c2)[C@H]1c1ccc(Cl)cc1. The number of halogens is 2. The number of rotatable bonds is 7. The molecule has 2 aliphatic rings. The van der Waals surface area contributed by atoms with Crippen molar-refractivity contribution in [3.05, 3.63) is 69.7 Å². The standard InChI is InChI=1S/C26H29Cl2NO4/c1-15(10-11-30)29-23(16-6-8-18(27)9-7-16)21(17-4-3-5-19(28)12-17)14-26(2,25(29)33)22-13-20(22)24(31)32/h3-9,12,15,20-23,30H,10-11,13-14H2,1-2H3,(H,31,32)/t15-,20?,21+,22?,23+,26+/m0/s1. The van der Waals surface area contributed by atoms with Crippen molar-refractivity contribution < 1.29 is 19.8 Å². The van der Waals surface area contributed by atoms with E-state index in [0.717, 1.165) is 11.1 Å². The molecule has 2 N–H and O–H groups in total. The molecule has 1 amide bonds. The molecule has 0 radical (unpaired) electrons. The summed E-state index contributed by atoms with van der Waals surface area (Å²) in [6.07, 6.45) is 1.46. The monoisotopic (exact) mass is 489 g/mol. The first-order chi connectivity index (χ1) is 15.7. The normalized spacial score (nSPS) is 30.2. The molecule has 7 heteroatoms. The number of hydrogen-bond donors (Lipinski definition) is 2. The molecule has 5 nitrogen and oxygen atoms in total. The van der Waals surface area contributed by atoms with Crippen LogP contribution in [0.25, 0.3) is 0 Å². The highest BCUT2D eigenvalue weighted by Gasteiger charge is 2.62. The molecular formula is C26H29Cl2NO4. The molecule has 33 heavy (non-hydrogen) atoms. The predicted molar refractivity (Wildman–Crippen MR) is 128 cm³/mol. The Labute approximate surface area is 204 Å². The quantitative estimate of drug-likeness (QED) is 0.534. The number of piperidine rings is 1. The number of benzene rings is 2. The topological polar surface area (TPSA) is 77.8 Å². The fourth-order valence-electron chi connectivity index (χ4n) is 5.64. The van der Waals surface area contributed by atoms with E-state index in [1.807, 2.05) is 67.3 Å². The summed E-state index contributed by atoms with van der Waals surface area (Å²) in [5.41, 5.74) is 1.15. The first-order valence-corrected chi connectivity index (χ1v) is 12.1. The number of carbonyl (C=O) groups excluding carboxylic acids is 1. The van der Waals surface area contributed by atoms with Crippen molar-refractivity contribution in [1.29, 1.82) is 0 Å². The maximum atomic E-state index is 14.1. The second-order valence-electron chi connectivity index (χ2n) is 9.64. The van der Waals surface area contributed by atoms with Gasteiger partial charge >= 0.3 is 5.97 Å². The number of carbonyl (C=O) groups is 2. The fourth-order valence-corrected chi connectivity index (χ4v) is 5.97.